The largest absolute Gasteiger partial charge is 0.380 e. The van der Waals surface area contributed by atoms with E-state index in [0.717, 1.165) is 16.7 Å². The number of hydrogen-bond acceptors (Lipinski definition) is 8. The molecule has 166 valence electrons. The number of nitrogens with zero attached hydrogens (tertiary/aromatic N) is 6. The van der Waals surface area contributed by atoms with Gasteiger partial charge in [-0.15, -0.1) is 26.7 Å². The summed E-state index contributed by atoms with van der Waals surface area (Å²) in [6.45, 7) is 0. The zero-order valence-corrected chi connectivity index (χ0v) is 18.8. The molecular formula is C25H19N7OS. The molecule has 0 radical (unpaired) electrons. The number of azo groups is 1. The fraction of sp³-hybridized carbons (Fsp3) is 0.120. The van der Waals surface area contributed by atoms with E-state index < -0.39 is 5.92 Å². The van der Waals surface area contributed by atoms with Crippen LogP contribution in [0.4, 0.5) is 22.5 Å². The normalized spacial score (nSPS) is 19.5. The van der Waals surface area contributed by atoms with Crippen molar-refractivity contribution < 1.29 is 4.79 Å². The van der Waals surface area contributed by atoms with E-state index in [-0.39, 0.29) is 23.3 Å². The zero-order valence-electron chi connectivity index (χ0n) is 17.9. The van der Waals surface area contributed by atoms with Gasteiger partial charge in [-0.2, -0.15) is 4.68 Å². The van der Waals surface area contributed by atoms with E-state index in [0.29, 0.717) is 23.1 Å². The molecule has 4 aromatic rings. The Hall–Kier alpha value is -4.24. The van der Waals surface area contributed by atoms with Gasteiger partial charge in [0.2, 0.25) is 5.13 Å². The van der Waals surface area contributed by atoms with Crippen LogP contribution in [-0.2, 0) is 0 Å². The Morgan fingerprint density at radius 1 is 1.03 bits per heavy atom. The third kappa shape index (κ3) is 3.46. The highest BCUT2D eigenvalue weighted by Gasteiger charge is 2.42. The second-order valence-electron chi connectivity index (χ2n) is 8.09. The van der Waals surface area contributed by atoms with Crippen molar-refractivity contribution in [3.63, 3.8) is 0 Å². The Morgan fingerprint density at radius 3 is 2.53 bits per heavy atom. The Kier molecular flexibility index (Phi) is 4.96. The fourth-order valence-electron chi connectivity index (χ4n) is 4.53. The van der Waals surface area contributed by atoms with Crippen molar-refractivity contribution in [1.82, 2.24) is 14.8 Å². The Morgan fingerprint density at radius 2 is 1.79 bits per heavy atom. The van der Waals surface area contributed by atoms with Crippen molar-refractivity contribution in [3.05, 3.63) is 89.4 Å². The lowest BCUT2D eigenvalue weighted by atomic mass is 9.72. The number of hydrogen-bond donors (Lipinski definition) is 1. The number of nitrogens with two attached hydrogens (primary N) is 1. The van der Waals surface area contributed by atoms with Crippen molar-refractivity contribution in [2.24, 2.45) is 21.1 Å². The van der Waals surface area contributed by atoms with E-state index in [1.807, 2.05) is 42.5 Å². The lowest BCUT2D eigenvalue weighted by molar-refractivity contribution is 0.0838. The second kappa shape index (κ2) is 8.27. The molecule has 0 spiro atoms. The second-order valence-corrected chi connectivity index (χ2v) is 8.97. The van der Waals surface area contributed by atoms with Gasteiger partial charge in [0.05, 0.1) is 11.6 Å². The molecule has 1 aliphatic heterocycles. The number of rotatable bonds is 4. The van der Waals surface area contributed by atoms with Crippen LogP contribution in [0.3, 0.4) is 0 Å². The molecule has 0 amide bonds. The number of allylic oxidation sites excluding steroid dienone is 2. The van der Waals surface area contributed by atoms with Crippen molar-refractivity contribution in [1.29, 1.82) is 0 Å². The molecule has 2 aliphatic rings. The average Bonchev–Trinajstić information content (AvgIpc) is 3.51. The predicted molar refractivity (Wildman–Crippen MR) is 132 cm³/mol. The number of carbonyl (C=O) groups is 1. The molecule has 2 aromatic carbocycles. The van der Waals surface area contributed by atoms with E-state index >= 15 is 0 Å². The van der Waals surface area contributed by atoms with E-state index in [4.69, 9.17) is 10.7 Å². The number of anilines is 1. The van der Waals surface area contributed by atoms with Crippen LogP contribution in [0.15, 0.2) is 93.5 Å². The van der Waals surface area contributed by atoms with Crippen LogP contribution < -0.4 is 5.73 Å². The molecular weight excluding hydrogens is 446 g/mol. The SMILES string of the molecule is Nc1nn2c(c1N=Nc1nccs1)N=C1C=C(c3ccccc3)CC(c3ccccc3)C1C2=O. The van der Waals surface area contributed by atoms with Gasteiger partial charge in [-0.25, -0.2) is 9.98 Å². The van der Waals surface area contributed by atoms with E-state index in [9.17, 15) is 4.79 Å². The van der Waals surface area contributed by atoms with Crippen molar-refractivity contribution in [3.8, 4) is 0 Å². The minimum atomic E-state index is -0.467. The van der Waals surface area contributed by atoms with E-state index in [2.05, 4.69) is 44.6 Å². The molecule has 2 N–H and O–H groups in total. The van der Waals surface area contributed by atoms with Gasteiger partial charge in [-0.3, -0.25) is 4.79 Å². The average molecular weight is 466 g/mol. The summed E-state index contributed by atoms with van der Waals surface area (Å²) in [5.74, 6) is -0.307. The summed E-state index contributed by atoms with van der Waals surface area (Å²) in [6, 6.07) is 20.3. The molecule has 9 heteroatoms. The smallest absolute Gasteiger partial charge is 0.258 e. The highest BCUT2D eigenvalue weighted by atomic mass is 32.1. The summed E-state index contributed by atoms with van der Waals surface area (Å²) < 4.78 is 1.27. The number of benzene rings is 2. The standard InChI is InChI=1S/C25H19N7OS/c26-22-21(29-30-25-27-11-12-34-25)23-28-19-14-17(15-7-3-1-4-8-15)13-18(16-9-5-2-6-10-16)20(19)24(33)32(23)31-22/h1-12,14,18,20H,13H2,(H2,26,31). The van der Waals surface area contributed by atoms with Gasteiger partial charge in [0.15, 0.2) is 17.3 Å². The fourth-order valence-corrected chi connectivity index (χ4v) is 4.98. The molecule has 2 atom stereocenters. The number of thiazole rings is 1. The topological polar surface area (TPSA) is 111 Å². The molecule has 0 saturated carbocycles. The zero-order chi connectivity index (χ0) is 23.1. The molecule has 0 saturated heterocycles. The van der Waals surface area contributed by atoms with Crippen molar-refractivity contribution >= 4 is 51.0 Å². The first-order valence-corrected chi connectivity index (χ1v) is 11.7. The van der Waals surface area contributed by atoms with Crippen LogP contribution in [0.5, 0.6) is 0 Å². The first-order chi connectivity index (χ1) is 16.7. The molecule has 0 fully saturated rings. The molecule has 2 aromatic heterocycles. The Bertz CT molecular complexity index is 1450. The summed E-state index contributed by atoms with van der Waals surface area (Å²) in [4.78, 5) is 22.7. The summed E-state index contributed by atoms with van der Waals surface area (Å²) in [6.07, 6.45) is 4.38. The summed E-state index contributed by atoms with van der Waals surface area (Å²) >= 11 is 1.35. The van der Waals surface area contributed by atoms with Gasteiger partial charge < -0.3 is 5.73 Å². The maximum absolute atomic E-state index is 13.7. The molecule has 0 bridgehead atoms. The van der Waals surface area contributed by atoms with Gasteiger partial charge in [0.25, 0.3) is 5.91 Å². The molecule has 8 nitrogen and oxygen atoms in total. The maximum atomic E-state index is 13.7. The molecule has 6 rings (SSSR count). The number of carbonyl (C=O) groups excluding carboxylic acids is 1. The highest BCUT2D eigenvalue weighted by Crippen LogP contribution is 2.46. The quantitative estimate of drug-likeness (QED) is 0.375. The predicted octanol–water partition coefficient (Wildman–Crippen LogP) is 5.95. The third-order valence-corrected chi connectivity index (χ3v) is 6.74. The molecule has 34 heavy (non-hydrogen) atoms. The number of aliphatic imine (C=N–C) groups is 1. The Labute approximate surface area is 199 Å². The van der Waals surface area contributed by atoms with Crippen LogP contribution in [0.1, 0.15) is 28.3 Å². The number of fused-ring (bicyclic) bond motifs is 2. The number of aromatic nitrogens is 3. The lowest BCUT2D eigenvalue weighted by Gasteiger charge is -2.34. The minimum absolute atomic E-state index is 0.0772. The van der Waals surface area contributed by atoms with Crippen LogP contribution in [0.25, 0.3) is 5.57 Å². The maximum Gasteiger partial charge on any atom is 0.258 e. The van der Waals surface area contributed by atoms with Crippen molar-refractivity contribution in [2.75, 3.05) is 5.73 Å². The summed E-state index contributed by atoms with van der Waals surface area (Å²) in [5, 5.41) is 14.9. The summed E-state index contributed by atoms with van der Waals surface area (Å²) in [7, 11) is 0. The first kappa shape index (κ1) is 20.4. The molecule has 3 heterocycles. The van der Waals surface area contributed by atoms with Gasteiger partial charge in [-0.05, 0) is 29.2 Å². The van der Waals surface area contributed by atoms with Crippen LogP contribution in [-0.4, -0.2) is 26.4 Å². The molecule has 2 unspecified atom stereocenters. The van der Waals surface area contributed by atoms with Crippen LogP contribution in [0.2, 0.25) is 0 Å². The highest BCUT2D eigenvalue weighted by molar-refractivity contribution is 7.13. The minimum Gasteiger partial charge on any atom is -0.380 e. The van der Waals surface area contributed by atoms with Crippen LogP contribution in [0, 0.1) is 5.92 Å². The van der Waals surface area contributed by atoms with E-state index in [1.165, 1.54) is 16.0 Å². The van der Waals surface area contributed by atoms with Gasteiger partial charge >= 0.3 is 0 Å². The summed E-state index contributed by atoms with van der Waals surface area (Å²) in [5.41, 5.74) is 10.4. The monoisotopic (exact) mass is 465 g/mol. The first-order valence-electron chi connectivity index (χ1n) is 10.8. The molecule has 1 aliphatic carbocycles. The third-order valence-electron chi connectivity index (χ3n) is 6.08. The van der Waals surface area contributed by atoms with Gasteiger partial charge in [0.1, 0.15) is 0 Å². The van der Waals surface area contributed by atoms with Gasteiger partial charge in [-0.1, -0.05) is 60.7 Å². The Balaban J connectivity index is 1.50. The van der Waals surface area contributed by atoms with Crippen LogP contribution >= 0.6 is 11.3 Å². The van der Waals surface area contributed by atoms with E-state index in [1.54, 1.807) is 11.6 Å². The van der Waals surface area contributed by atoms with Gasteiger partial charge in [0, 0.05) is 17.5 Å². The number of nitrogen functional groups attached to an aromatic ring is 1. The van der Waals surface area contributed by atoms with Crippen molar-refractivity contribution in [2.45, 2.75) is 12.3 Å². The lowest BCUT2D eigenvalue weighted by Crippen LogP contribution is -2.38.